The Morgan fingerprint density at radius 3 is 2.77 bits per heavy atom. The quantitative estimate of drug-likeness (QED) is 0.425. The minimum absolute atomic E-state index is 0.0576. The SMILES string of the molecule is CCCN(Cc1nnc(-c2cccs2)o1)[C@H](C)C(=O)Nc1cccc2ccccc12. The molecule has 30 heavy (non-hydrogen) atoms. The molecule has 7 heteroatoms. The Bertz CT molecular complexity index is 1120. The Hall–Kier alpha value is -3.03. The number of carbonyl (C=O) groups excluding carboxylic acids is 1. The van der Waals surface area contributed by atoms with Crippen LogP contribution in [0.4, 0.5) is 5.69 Å². The highest BCUT2D eigenvalue weighted by atomic mass is 32.1. The van der Waals surface area contributed by atoms with Crippen molar-refractivity contribution in [2.45, 2.75) is 32.9 Å². The van der Waals surface area contributed by atoms with Crippen molar-refractivity contribution in [2.75, 3.05) is 11.9 Å². The molecule has 2 aromatic carbocycles. The first-order chi connectivity index (χ1) is 14.7. The first kappa shape index (κ1) is 20.3. The van der Waals surface area contributed by atoms with Gasteiger partial charge in [-0.25, -0.2) is 0 Å². The highest BCUT2D eigenvalue weighted by molar-refractivity contribution is 7.13. The number of nitrogens with one attached hydrogen (secondary N) is 1. The molecule has 4 aromatic rings. The normalized spacial score (nSPS) is 12.4. The molecular formula is C23H24N4O2S. The van der Waals surface area contributed by atoms with Crippen molar-refractivity contribution >= 4 is 33.7 Å². The van der Waals surface area contributed by atoms with E-state index in [1.54, 1.807) is 11.3 Å². The van der Waals surface area contributed by atoms with Gasteiger partial charge in [0.15, 0.2) is 0 Å². The number of rotatable bonds is 8. The summed E-state index contributed by atoms with van der Waals surface area (Å²) in [5.74, 6) is 0.971. The number of thiophene rings is 1. The van der Waals surface area contributed by atoms with Gasteiger partial charge >= 0.3 is 0 Å². The number of aromatic nitrogens is 2. The number of fused-ring (bicyclic) bond motifs is 1. The van der Waals surface area contributed by atoms with Crippen molar-refractivity contribution in [3.63, 3.8) is 0 Å². The Morgan fingerprint density at radius 2 is 1.97 bits per heavy atom. The Labute approximate surface area is 179 Å². The van der Waals surface area contributed by atoms with Gasteiger partial charge in [-0.3, -0.25) is 9.69 Å². The van der Waals surface area contributed by atoms with Gasteiger partial charge in [0.05, 0.1) is 17.5 Å². The van der Waals surface area contributed by atoms with E-state index in [0.29, 0.717) is 18.3 Å². The molecule has 0 fully saturated rings. The summed E-state index contributed by atoms with van der Waals surface area (Å²) in [5, 5.41) is 15.5. The number of anilines is 1. The first-order valence-electron chi connectivity index (χ1n) is 10.0. The summed E-state index contributed by atoms with van der Waals surface area (Å²) in [5.41, 5.74) is 0.819. The zero-order valence-corrected chi connectivity index (χ0v) is 17.9. The molecule has 0 radical (unpaired) electrons. The van der Waals surface area contributed by atoms with E-state index in [9.17, 15) is 4.79 Å². The predicted molar refractivity (Wildman–Crippen MR) is 120 cm³/mol. The number of hydrogen-bond donors (Lipinski definition) is 1. The van der Waals surface area contributed by atoms with Crippen molar-refractivity contribution < 1.29 is 9.21 Å². The number of hydrogen-bond acceptors (Lipinski definition) is 6. The molecule has 0 aliphatic rings. The van der Waals surface area contributed by atoms with E-state index in [1.807, 2.05) is 66.9 Å². The van der Waals surface area contributed by atoms with E-state index in [2.05, 4.69) is 27.3 Å². The smallest absolute Gasteiger partial charge is 0.257 e. The zero-order chi connectivity index (χ0) is 20.9. The van der Waals surface area contributed by atoms with Crippen molar-refractivity contribution in [3.8, 4) is 10.8 Å². The van der Waals surface area contributed by atoms with Crippen LogP contribution >= 0.6 is 11.3 Å². The molecule has 4 rings (SSSR count). The average molecular weight is 421 g/mol. The van der Waals surface area contributed by atoms with E-state index < -0.39 is 0 Å². The average Bonchev–Trinajstić information content (AvgIpc) is 3.45. The van der Waals surface area contributed by atoms with Gasteiger partial charge in [0, 0.05) is 11.1 Å². The van der Waals surface area contributed by atoms with Gasteiger partial charge < -0.3 is 9.73 Å². The maximum absolute atomic E-state index is 13.0. The van der Waals surface area contributed by atoms with Crippen LogP contribution < -0.4 is 5.32 Å². The van der Waals surface area contributed by atoms with Crippen molar-refractivity contribution in [1.82, 2.24) is 15.1 Å². The lowest BCUT2D eigenvalue weighted by Gasteiger charge is -2.26. The van der Waals surface area contributed by atoms with Crippen LogP contribution in [0.25, 0.3) is 21.5 Å². The Balaban J connectivity index is 1.48. The summed E-state index contributed by atoms with van der Waals surface area (Å²) in [7, 11) is 0. The molecule has 0 aliphatic heterocycles. The largest absolute Gasteiger partial charge is 0.419 e. The van der Waals surface area contributed by atoms with E-state index >= 15 is 0 Å². The molecule has 1 amide bonds. The molecule has 2 heterocycles. The Morgan fingerprint density at radius 1 is 1.13 bits per heavy atom. The lowest BCUT2D eigenvalue weighted by atomic mass is 10.1. The minimum atomic E-state index is -0.346. The third-order valence-electron chi connectivity index (χ3n) is 5.02. The van der Waals surface area contributed by atoms with Crippen LogP contribution in [-0.2, 0) is 11.3 Å². The van der Waals surface area contributed by atoms with Gasteiger partial charge in [-0.05, 0) is 42.8 Å². The second-order valence-corrected chi connectivity index (χ2v) is 8.09. The highest BCUT2D eigenvalue weighted by Gasteiger charge is 2.23. The summed E-state index contributed by atoms with van der Waals surface area (Å²) >= 11 is 1.56. The van der Waals surface area contributed by atoms with Crippen molar-refractivity contribution in [1.29, 1.82) is 0 Å². The summed E-state index contributed by atoms with van der Waals surface area (Å²) in [4.78, 5) is 16.0. The molecule has 0 unspecified atom stereocenters. The molecule has 0 saturated carbocycles. The summed E-state index contributed by atoms with van der Waals surface area (Å²) in [6.45, 7) is 5.18. The van der Waals surface area contributed by atoms with Crippen LogP contribution in [0.1, 0.15) is 26.2 Å². The molecule has 154 valence electrons. The third kappa shape index (κ3) is 4.42. The second-order valence-electron chi connectivity index (χ2n) is 7.14. The van der Waals surface area contributed by atoms with Gasteiger partial charge in [-0.2, -0.15) is 0 Å². The monoisotopic (exact) mass is 420 g/mol. The topological polar surface area (TPSA) is 71.3 Å². The first-order valence-corrected chi connectivity index (χ1v) is 10.9. The van der Waals surface area contributed by atoms with Gasteiger partial charge in [0.2, 0.25) is 11.8 Å². The lowest BCUT2D eigenvalue weighted by molar-refractivity contribution is -0.121. The third-order valence-corrected chi connectivity index (χ3v) is 5.88. The highest BCUT2D eigenvalue weighted by Crippen LogP contribution is 2.25. The molecule has 1 atom stereocenters. The standard InChI is InChI=1S/C23H24N4O2S/c1-3-13-27(15-21-25-26-23(29-21)20-12-7-14-30-20)16(2)22(28)24-19-11-6-9-17-8-4-5-10-18(17)19/h4-12,14,16H,3,13,15H2,1-2H3,(H,24,28)/t16-/m1/s1. The van der Waals surface area contributed by atoms with E-state index in [0.717, 1.165) is 34.3 Å². The predicted octanol–water partition coefficient (Wildman–Crippen LogP) is 5.19. The molecule has 0 bridgehead atoms. The van der Waals surface area contributed by atoms with Crippen LogP contribution in [0.5, 0.6) is 0 Å². The van der Waals surface area contributed by atoms with E-state index in [-0.39, 0.29) is 11.9 Å². The van der Waals surface area contributed by atoms with Gasteiger partial charge in [-0.1, -0.05) is 49.4 Å². The summed E-state index contributed by atoms with van der Waals surface area (Å²) < 4.78 is 5.83. The molecule has 0 aliphatic carbocycles. The van der Waals surface area contributed by atoms with Crippen LogP contribution in [0, 0.1) is 0 Å². The van der Waals surface area contributed by atoms with E-state index in [1.165, 1.54) is 0 Å². The second kappa shape index (κ2) is 9.19. The molecule has 6 nitrogen and oxygen atoms in total. The molecule has 2 aromatic heterocycles. The fourth-order valence-electron chi connectivity index (χ4n) is 3.43. The molecule has 0 spiro atoms. The van der Waals surface area contributed by atoms with Crippen LogP contribution in [0.15, 0.2) is 64.4 Å². The number of benzene rings is 2. The van der Waals surface area contributed by atoms with E-state index in [4.69, 9.17) is 4.42 Å². The molecule has 1 N–H and O–H groups in total. The summed E-state index contributed by atoms with van der Waals surface area (Å²) in [6, 6.07) is 17.5. The summed E-state index contributed by atoms with van der Waals surface area (Å²) in [6.07, 6.45) is 0.914. The fourth-order valence-corrected chi connectivity index (χ4v) is 4.07. The van der Waals surface area contributed by atoms with Gasteiger partial charge in [0.25, 0.3) is 5.89 Å². The maximum atomic E-state index is 13.0. The maximum Gasteiger partial charge on any atom is 0.257 e. The van der Waals surface area contributed by atoms with Crippen molar-refractivity contribution in [2.24, 2.45) is 0 Å². The van der Waals surface area contributed by atoms with Crippen LogP contribution in [0.3, 0.4) is 0 Å². The van der Waals surface area contributed by atoms with Crippen molar-refractivity contribution in [3.05, 3.63) is 65.9 Å². The number of carbonyl (C=O) groups is 1. The molecular weight excluding hydrogens is 396 g/mol. The zero-order valence-electron chi connectivity index (χ0n) is 17.0. The lowest BCUT2D eigenvalue weighted by Crippen LogP contribution is -2.42. The Kier molecular flexibility index (Phi) is 6.21. The van der Waals surface area contributed by atoms with Gasteiger partial charge in [0.1, 0.15) is 0 Å². The van der Waals surface area contributed by atoms with Gasteiger partial charge in [-0.15, -0.1) is 21.5 Å². The van der Waals surface area contributed by atoms with Crippen LogP contribution in [0.2, 0.25) is 0 Å². The fraction of sp³-hybridized carbons (Fsp3) is 0.261. The molecule has 0 saturated heterocycles. The van der Waals surface area contributed by atoms with Crippen LogP contribution in [-0.4, -0.2) is 33.6 Å². The minimum Gasteiger partial charge on any atom is -0.419 e. The number of amides is 1. The number of nitrogens with zero attached hydrogens (tertiary/aromatic N) is 3.